The second-order valence-electron chi connectivity index (χ2n) is 9.60. The molecular formula is C29H33Cl2N3O5S. The van der Waals surface area contributed by atoms with Crippen LogP contribution in [-0.4, -0.2) is 50.0 Å². The number of halogens is 2. The topological polar surface area (TPSA) is 96.0 Å². The molecule has 0 saturated carbocycles. The van der Waals surface area contributed by atoms with Gasteiger partial charge in [-0.25, -0.2) is 8.42 Å². The van der Waals surface area contributed by atoms with Gasteiger partial charge in [-0.2, -0.15) is 0 Å². The Morgan fingerprint density at radius 1 is 0.900 bits per heavy atom. The van der Waals surface area contributed by atoms with Gasteiger partial charge in [-0.3, -0.25) is 13.9 Å². The molecule has 0 aliphatic carbocycles. The number of hydrogen-bond donors (Lipinski definition) is 1. The Labute approximate surface area is 245 Å². The molecule has 0 radical (unpaired) electrons. The number of amides is 2. The van der Waals surface area contributed by atoms with E-state index in [1.807, 2.05) is 30.3 Å². The van der Waals surface area contributed by atoms with E-state index in [4.69, 9.17) is 27.9 Å². The molecule has 0 bridgehead atoms. The Kier molecular flexibility index (Phi) is 10.8. The van der Waals surface area contributed by atoms with Gasteiger partial charge in [0.2, 0.25) is 21.8 Å². The second-order valence-corrected chi connectivity index (χ2v) is 12.3. The van der Waals surface area contributed by atoms with E-state index < -0.39 is 34.4 Å². The highest BCUT2D eigenvalue weighted by Gasteiger charge is 2.31. The second kappa shape index (κ2) is 13.9. The van der Waals surface area contributed by atoms with Crippen LogP contribution in [0.2, 0.25) is 10.0 Å². The summed E-state index contributed by atoms with van der Waals surface area (Å²) in [6, 6.07) is 19.9. The van der Waals surface area contributed by atoms with Crippen molar-refractivity contribution >= 4 is 50.7 Å². The van der Waals surface area contributed by atoms with Crippen LogP contribution in [0.5, 0.6) is 5.75 Å². The molecule has 0 heterocycles. The zero-order valence-electron chi connectivity index (χ0n) is 22.8. The lowest BCUT2D eigenvalue weighted by molar-refractivity contribution is -0.139. The predicted molar refractivity (Wildman–Crippen MR) is 159 cm³/mol. The zero-order chi connectivity index (χ0) is 29.4. The van der Waals surface area contributed by atoms with Crippen molar-refractivity contribution in [1.29, 1.82) is 0 Å². The van der Waals surface area contributed by atoms with Crippen molar-refractivity contribution in [3.8, 4) is 5.75 Å². The van der Waals surface area contributed by atoms with Crippen molar-refractivity contribution in [3.05, 3.63) is 94.0 Å². The summed E-state index contributed by atoms with van der Waals surface area (Å²) in [5.74, 6) is -0.448. The van der Waals surface area contributed by atoms with Crippen LogP contribution < -0.4 is 14.4 Å². The maximum atomic E-state index is 13.7. The summed E-state index contributed by atoms with van der Waals surface area (Å²) in [4.78, 5) is 27.9. The molecule has 8 nitrogen and oxygen atoms in total. The van der Waals surface area contributed by atoms with Crippen molar-refractivity contribution in [3.63, 3.8) is 0 Å². The van der Waals surface area contributed by atoms with E-state index in [-0.39, 0.29) is 18.3 Å². The van der Waals surface area contributed by atoms with Crippen molar-refractivity contribution in [2.24, 2.45) is 0 Å². The summed E-state index contributed by atoms with van der Waals surface area (Å²) in [6.07, 6.45) is 1.02. The average Bonchev–Trinajstić information content (AvgIpc) is 2.90. The smallest absolute Gasteiger partial charge is 0.244 e. The van der Waals surface area contributed by atoms with Crippen LogP contribution in [0, 0.1) is 0 Å². The predicted octanol–water partition coefficient (Wildman–Crippen LogP) is 5.28. The van der Waals surface area contributed by atoms with E-state index in [1.165, 1.54) is 4.90 Å². The minimum absolute atomic E-state index is 0.0894. The molecule has 3 rings (SSSR count). The summed E-state index contributed by atoms with van der Waals surface area (Å²) < 4.78 is 32.4. The van der Waals surface area contributed by atoms with Gasteiger partial charge in [0.1, 0.15) is 24.9 Å². The largest absolute Gasteiger partial charge is 0.489 e. The first-order chi connectivity index (χ1) is 18.9. The van der Waals surface area contributed by atoms with E-state index in [0.717, 1.165) is 16.1 Å². The first kappa shape index (κ1) is 31.3. The molecule has 11 heteroatoms. The van der Waals surface area contributed by atoms with Crippen molar-refractivity contribution in [2.45, 2.75) is 46.0 Å². The highest BCUT2D eigenvalue weighted by molar-refractivity contribution is 7.92. The quantitative estimate of drug-likeness (QED) is 0.303. The van der Waals surface area contributed by atoms with Gasteiger partial charge in [0.15, 0.2) is 0 Å². The van der Waals surface area contributed by atoms with Gasteiger partial charge in [-0.1, -0.05) is 59.6 Å². The van der Waals surface area contributed by atoms with Gasteiger partial charge in [0, 0.05) is 28.2 Å². The van der Waals surface area contributed by atoms with Crippen LogP contribution >= 0.6 is 23.2 Å². The third-order valence-corrected chi connectivity index (χ3v) is 7.89. The van der Waals surface area contributed by atoms with E-state index in [1.54, 1.807) is 63.2 Å². The fraction of sp³-hybridized carbons (Fsp3) is 0.310. The van der Waals surface area contributed by atoms with Crippen LogP contribution in [0.3, 0.4) is 0 Å². The van der Waals surface area contributed by atoms with Crippen LogP contribution in [0.1, 0.15) is 31.9 Å². The fourth-order valence-corrected chi connectivity index (χ4v) is 5.27. The molecule has 0 aliphatic heterocycles. The Bertz CT molecular complexity index is 1400. The minimum Gasteiger partial charge on any atom is -0.489 e. The van der Waals surface area contributed by atoms with Crippen LogP contribution in [-0.2, 0) is 32.8 Å². The Balaban J connectivity index is 1.86. The lowest BCUT2D eigenvalue weighted by atomic mass is 10.1. The average molecular weight is 607 g/mol. The Morgan fingerprint density at radius 2 is 1.50 bits per heavy atom. The standard InChI is InChI=1S/C29H33Cl2N3O5S/c1-20(2)32-29(36)21(3)33(17-25-26(30)11-8-12-27(25)31)28(35)18-34(40(4,37)38)23-13-15-24(16-14-23)39-19-22-9-6-5-7-10-22/h5-16,20-21H,17-19H2,1-4H3,(H,32,36)/t21-/m1/s1. The molecule has 0 aliphatic rings. The number of carbonyl (C=O) groups excluding carboxylic acids is 2. The SMILES string of the molecule is CC(C)NC(=O)[C@@H](C)N(Cc1c(Cl)cccc1Cl)C(=O)CN(c1ccc(OCc2ccccc2)cc1)S(C)(=O)=O. The Hall–Kier alpha value is -3.27. The molecule has 2 amide bonds. The number of rotatable bonds is 12. The minimum atomic E-state index is -3.88. The molecule has 3 aromatic rings. The molecule has 40 heavy (non-hydrogen) atoms. The first-order valence-electron chi connectivity index (χ1n) is 12.6. The molecule has 214 valence electrons. The third kappa shape index (κ3) is 8.61. The number of sulfonamides is 1. The number of benzene rings is 3. The van der Waals surface area contributed by atoms with Gasteiger partial charge in [0.05, 0.1) is 11.9 Å². The summed E-state index contributed by atoms with van der Waals surface area (Å²) in [5.41, 5.74) is 1.72. The van der Waals surface area contributed by atoms with Gasteiger partial charge >= 0.3 is 0 Å². The van der Waals surface area contributed by atoms with Crippen molar-refractivity contribution in [2.75, 3.05) is 17.1 Å². The van der Waals surface area contributed by atoms with Gasteiger partial charge in [-0.15, -0.1) is 0 Å². The van der Waals surface area contributed by atoms with Crippen LogP contribution in [0.4, 0.5) is 5.69 Å². The molecule has 0 aromatic heterocycles. The number of nitrogens with zero attached hydrogens (tertiary/aromatic N) is 2. The number of carbonyl (C=O) groups is 2. The number of nitrogens with one attached hydrogen (secondary N) is 1. The Morgan fingerprint density at radius 3 is 2.05 bits per heavy atom. The molecule has 0 unspecified atom stereocenters. The maximum absolute atomic E-state index is 13.7. The summed E-state index contributed by atoms with van der Waals surface area (Å²) >= 11 is 12.7. The normalized spacial score (nSPS) is 12.1. The summed E-state index contributed by atoms with van der Waals surface area (Å²) in [5, 5.41) is 3.45. The number of hydrogen-bond acceptors (Lipinski definition) is 5. The van der Waals surface area contributed by atoms with Gasteiger partial charge in [-0.05, 0) is 62.7 Å². The summed E-state index contributed by atoms with van der Waals surface area (Å²) in [7, 11) is -3.88. The highest BCUT2D eigenvalue weighted by atomic mass is 35.5. The highest BCUT2D eigenvalue weighted by Crippen LogP contribution is 2.28. The molecular weight excluding hydrogens is 573 g/mol. The molecule has 1 atom stereocenters. The number of anilines is 1. The van der Waals surface area contributed by atoms with E-state index >= 15 is 0 Å². The molecule has 0 saturated heterocycles. The van der Waals surface area contributed by atoms with E-state index in [9.17, 15) is 18.0 Å². The third-order valence-electron chi connectivity index (χ3n) is 6.04. The molecule has 3 aromatic carbocycles. The van der Waals surface area contributed by atoms with Gasteiger partial charge < -0.3 is 15.0 Å². The van der Waals surface area contributed by atoms with E-state index in [0.29, 0.717) is 28.0 Å². The summed E-state index contributed by atoms with van der Waals surface area (Å²) in [6.45, 7) is 4.91. The van der Waals surface area contributed by atoms with E-state index in [2.05, 4.69) is 5.32 Å². The molecule has 0 spiro atoms. The van der Waals surface area contributed by atoms with Crippen LogP contribution in [0.25, 0.3) is 0 Å². The van der Waals surface area contributed by atoms with Crippen molar-refractivity contribution in [1.82, 2.24) is 10.2 Å². The zero-order valence-corrected chi connectivity index (χ0v) is 25.1. The van der Waals surface area contributed by atoms with Crippen molar-refractivity contribution < 1.29 is 22.7 Å². The lowest BCUT2D eigenvalue weighted by Gasteiger charge is -2.32. The van der Waals surface area contributed by atoms with Gasteiger partial charge in [0.25, 0.3) is 0 Å². The lowest BCUT2D eigenvalue weighted by Crippen LogP contribution is -2.52. The maximum Gasteiger partial charge on any atom is 0.244 e. The van der Waals surface area contributed by atoms with Crippen LogP contribution in [0.15, 0.2) is 72.8 Å². The number of ether oxygens (including phenoxy) is 1. The first-order valence-corrected chi connectivity index (χ1v) is 15.2. The molecule has 1 N–H and O–H groups in total. The molecule has 0 fully saturated rings. The monoisotopic (exact) mass is 605 g/mol. The fourth-order valence-electron chi connectivity index (χ4n) is 3.90.